The number of benzene rings is 2. The van der Waals surface area contributed by atoms with Crippen molar-refractivity contribution in [1.29, 1.82) is 0 Å². The van der Waals surface area contributed by atoms with Gasteiger partial charge in [-0.25, -0.2) is 4.98 Å². The van der Waals surface area contributed by atoms with Gasteiger partial charge in [0, 0.05) is 5.56 Å². The Morgan fingerprint density at radius 2 is 2.14 bits per heavy atom. The molecule has 3 aromatic rings. The summed E-state index contributed by atoms with van der Waals surface area (Å²) in [6.45, 7) is 1.04. The van der Waals surface area contributed by atoms with E-state index in [0.29, 0.717) is 0 Å². The molecule has 0 spiro atoms. The molecule has 1 unspecified atom stereocenters. The Bertz CT molecular complexity index is 804. The first-order valence-electron chi connectivity index (χ1n) is 7.62. The molecule has 0 aliphatic carbocycles. The number of rotatable bonds is 3. The van der Waals surface area contributed by atoms with Crippen LogP contribution in [-0.2, 0) is 0 Å². The molecule has 1 fully saturated rings. The number of hydrogen-bond donors (Lipinski definition) is 1. The predicted molar refractivity (Wildman–Crippen MR) is 86.0 cm³/mol. The first kappa shape index (κ1) is 13.3. The van der Waals surface area contributed by atoms with Crippen molar-refractivity contribution in [3.05, 3.63) is 48.4 Å². The summed E-state index contributed by atoms with van der Waals surface area (Å²) < 4.78 is 11.3. The van der Waals surface area contributed by atoms with E-state index in [1.165, 1.54) is 6.42 Å². The van der Waals surface area contributed by atoms with E-state index in [2.05, 4.69) is 28.5 Å². The van der Waals surface area contributed by atoms with Crippen molar-refractivity contribution in [2.75, 3.05) is 13.7 Å². The highest BCUT2D eigenvalue weighted by Crippen LogP contribution is 2.33. The average Bonchev–Trinajstić information content (AvgIpc) is 3.23. The van der Waals surface area contributed by atoms with Gasteiger partial charge in [-0.3, -0.25) is 0 Å². The fourth-order valence-corrected chi connectivity index (χ4v) is 3.04. The molecule has 4 rings (SSSR count). The molecule has 0 amide bonds. The molecule has 1 aromatic heterocycles. The molecular formula is C18H18N2O2. The SMILES string of the molecule is COc1ccccc1-c1ccc2oc(C3CCCN3)nc2c1. The molecule has 1 atom stereocenters. The van der Waals surface area contributed by atoms with Crippen LogP contribution in [0.15, 0.2) is 46.9 Å². The van der Waals surface area contributed by atoms with E-state index < -0.39 is 0 Å². The van der Waals surface area contributed by atoms with Gasteiger partial charge in [0.15, 0.2) is 5.58 Å². The van der Waals surface area contributed by atoms with E-state index in [-0.39, 0.29) is 6.04 Å². The zero-order valence-electron chi connectivity index (χ0n) is 12.5. The molecule has 0 bridgehead atoms. The maximum absolute atomic E-state index is 5.89. The first-order valence-corrected chi connectivity index (χ1v) is 7.62. The van der Waals surface area contributed by atoms with Crippen LogP contribution < -0.4 is 10.1 Å². The van der Waals surface area contributed by atoms with Gasteiger partial charge in [-0.1, -0.05) is 24.3 Å². The Kier molecular flexibility index (Phi) is 3.31. The third kappa shape index (κ3) is 2.25. The predicted octanol–water partition coefficient (Wildman–Crippen LogP) is 3.93. The van der Waals surface area contributed by atoms with Crippen LogP contribution in [0.2, 0.25) is 0 Å². The lowest BCUT2D eigenvalue weighted by molar-refractivity contribution is 0.416. The third-order valence-corrected chi connectivity index (χ3v) is 4.18. The Balaban J connectivity index is 1.77. The van der Waals surface area contributed by atoms with Crippen LogP contribution in [0.25, 0.3) is 22.2 Å². The minimum atomic E-state index is 0.252. The summed E-state index contributed by atoms with van der Waals surface area (Å²) in [6.07, 6.45) is 2.27. The van der Waals surface area contributed by atoms with Crippen molar-refractivity contribution in [2.45, 2.75) is 18.9 Å². The van der Waals surface area contributed by atoms with Crippen molar-refractivity contribution in [2.24, 2.45) is 0 Å². The van der Waals surface area contributed by atoms with Crippen LogP contribution >= 0.6 is 0 Å². The number of nitrogens with zero attached hydrogens (tertiary/aromatic N) is 1. The lowest BCUT2D eigenvalue weighted by Gasteiger charge is -2.07. The zero-order valence-corrected chi connectivity index (χ0v) is 12.5. The highest BCUT2D eigenvalue weighted by Gasteiger charge is 2.21. The highest BCUT2D eigenvalue weighted by molar-refractivity contribution is 5.82. The number of para-hydroxylation sites is 1. The lowest BCUT2D eigenvalue weighted by atomic mass is 10.0. The summed E-state index contributed by atoms with van der Waals surface area (Å²) in [6, 6.07) is 14.4. The molecule has 0 radical (unpaired) electrons. The number of nitrogens with one attached hydrogen (secondary N) is 1. The minimum absolute atomic E-state index is 0.252. The molecule has 1 saturated heterocycles. The van der Waals surface area contributed by atoms with E-state index in [9.17, 15) is 0 Å². The fourth-order valence-electron chi connectivity index (χ4n) is 3.04. The van der Waals surface area contributed by atoms with Crippen molar-refractivity contribution >= 4 is 11.1 Å². The quantitative estimate of drug-likeness (QED) is 0.795. The van der Waals surface area contributed by atoms with Gasteiger partial charge in [0.25, 0.3) is 0 Å². The molecule has 1 aliphatic heterocycles. The van der Waals surface area contributed by atoms with Gasteiger partial charge in [0.2, 0.25) is 5.89 Å². The summed E-state index contributed by atoms with van der Waals surface area (Å²) >= 11 is 0. The minimum Gasteiger partial charge on any atom is -0.496 e. The van der Waals surface area contributed by atoms with Crippen LogP contribution in [0.3, 0.4) is 0 Å². The topological polar surface area (TPSA) is 47.3 Å². The first-order chi connectivity index (χ1) is 10.8. The van der Waals surface area contributed by atoms with Gasteiger partial charge in [-0.15, -0.1) is 0 Å². The maximum Gasteiger partial charge on any atom is 0.212 e. The fraction of sp³-hybridized carbons (Fsp3) is 0.278. The molecule has 1 N–H and O–H groups in total. The van der Waals surface area contributed by atoms with Gasteiger partial charge < -0.3 is 14.5 Å². The molecule has 4 nitrogen and oxygen atoms in total. The van der Waals surface area contributed by atoms with E-state index in [1.807, 2.05) is 24.3 Å². The largest absolute Gasteiger partial charge is 0.496 e. The number of ether oxygens (including phenoxy) is 1. The Morgan fingerprint density at radius 1 is 1.23 bits per heavy atom. The zero-order chi connectivity index (χ0) is 14.9. The van der Waals surface area contributed by atoms with Gasteiger partial charge in [-0.05, 0) is 43.1 Å². The molecule has 2 heterocycles. The van der Waals surface area contributed by atoms with Crippen LogP contribution in [0.1, 0.15) is 24.8 Å². The van der Waals surface area contributed by atoms with Gasteiger partial charge in [-0.2, -0.15) is 0 Å². The third-order valence-electron chi connectivity index (χ3n) is 4.18. The van der Waals surface area contributed by atoms with E-state index >= 15 is 0 Å². The van der Waals surface area contributed by atoms with Crippen molar-refractivity contribution in [3.63, 3.8) is 0 Å². The number of methoxy groups -OCH3 is 1. The van der Waals surface area contributed by atoms with Crippen molar-refractivity contribution in [1.82, 2.24) is 10.3 Å². The van der Waals surface area contributed by atoms with Gasteiger partial charge in [0.05, 0.1) is 13.2 Å². The van der Waals surface area contributed by atoms with Crippen molar-refractivity contribution < 1.29 is 9.15 Å². The molecule has 22 heavy (non-hydrogen) atoms. The molecule has 2 aromatic carbocycles. The molecule has 1 aliphatic rings. The number of hydrogen-bond acceptors (Lipinski definition) is 4. The average molecular weight is 294 g/mol. The number of oxazole rings is 1. The van der Waals surface area contributed by atoms with Crippen LogP contribution in [-0.4, -0.2) is 18.6 Å². The standard InChI is InChI=1S/C18H18N2O2/c1-21-16-7-3-2-5-13(16)12-8-9-17-15(11-12)20-18(22-17)14-6-4-10-19-14/h2-3,5,7-9,11,14,19H,4,6,10H2,1H3. The second-order valence-electron chi connectivity index (χ2n) is 5.58. The molecule has 112 valence electrons. The molecular weight excluding hydrogens is 276 g/mol. The van der Waals surface area contributed by atoms with Gasteiger partial charge >= 0.3 is 0 Å². The summed E-state index contributed by atoms with van der Waals surface area (Å²) in [5, 5.41) is 3.42. The summed E-state index contributed by atoms with van der Waals surface area (Å²) in [5.74, 6) is 1.66. The Hall–Kier alpha value is -2.33. The number of fused-ring (bicyclic) bond motifs is 1. The summed E-state index contributed by atoms with van der Waals surface area (Å²) in [5.41, 5.74) is 3.88. The normalized spacial score (nSPS) is 18.0. The molecule has 4 heteroatoms. The van der Waals surface area contributed by atoms with E-state index in [4.69, 9.17) is 9.15 Å². The van der Waals surface area contributed by atoms with Crippen LogP contribution in [0.5, 0.6) is 5.75 Å². The van der Waals surface area contributed by atoms with Gasteiger partial charge in [0.1, 0.15) is 11.3 Å². The summed E-state index contributed by atoms with van der Waals surface area (Å²) in [4.78, 5) is 4.67. The second kappa shape index (κ2) is 5.46. The number of aromatic nitrogens is 1. The highest BCUT2D eigenvalue weighted by atomic mass is 16.5. The smallest absolute Gasteiger partial charge is 0.212 e. The van der Waals surface area contributed by atoms with Crippen LogP contribution in [0, 0.1) is 0 Å². The van der Waals surface area contributed by atoms with E-state index in [0.717, 1.165) is 46.8 Å². The Labute approximate surface area is 129 Å². The monoisotopic (exact) mass is 294 g/mol. The maximum atomic E-state index is 5.89. The van der Waals surface area contributed by atoms with Crippen LogP contribution in [0.4, 0.5) is 0 Å². The Morgan fingerprint density at radius 3 is 2.95 bits per heavy atom. The lowest BCUT2D eigenvalue weighted by Crippen LogP contribution is -2.12. The van der Waals surface area contributed by atoms with E-state index in [1.54, 1.807) is 7.11 Å². The second-order valence-corrected chi connectivity index (χ2v) is 5.58. The summed E-state index contributed by atoms with van der Waals surface area (Å²) in [7, 11) is 1.69. The van der Waals surface area contributed by atoms with Crippen molar-refractivity contribution in [3.8, 4) is 16.9 Å². The molecule has 0 saturated carbocycles.